The van der Waals surface area contributed by atoms with Crippen molar-refractivity contribution in [1.29, 1.82) is 0 Å². The first-order valence-corrected chi connectivity index (χ1v) is 12.5. The van der Waals surface area contributed by atoms with E-state index in [0.29, 0.717) is 37.0 Å². The van der Waals surface area contributed by atoms with Crippen molar-refractivity contribution in [3.63, 3.8) is 0 Å². The van der Waals surface area contributed by atoms with Crippen molar-refractivity contribution < 1.29 is 13.2 Å². The normalized spacial score (nSPS) is 17.6. The summed E-state index contributed by atoms with van der Waals surface area (Å²) in [6.07, 6.45) is 3.10. The zero-order valence-electron chi connectivity index (χ0n) is 18.3. The molecule has 1 aliphatic heterocycles. The summed E-state index contributed by atoms with van der Waals surface area (Å²) < 4.78 is 27.7. The number of carbonyl (C=O) groups is 1. The monoisotopic (exact) mass is 441 g/mol. The standard InChI is InChI=1S/C24H31N3O3S/c1-18(2)22-8-3-4-9-23(22)25-24(28)17-26-12-14-27(15-13-26)31(29,30)21-11-10-19-6-5-7-20(19)16-21/h3-4,8-11,16,18H,5-7,12-15,17H2,1-2H3,(H,25,28). The molecule has 2 aromatic carbocycles. The molecule has 1 saturated heterocycles. The van der Waals surface area contributed by atoms with E-state index in [-0.39, 0.29) is 12.5 Å². The number of piperazine rings is 1. The fourth-order valence-electron chi connectivity index (χ4n) is 4.49. The lowest BCUT2D eigenvalue weighted by molar-refractivity contribution is -0.117. The number of aryl methyl sites for hydroxylation is 2. The Balaban J connectivity index is 1.34. The maximum Gasteiger partial charge on any atom is 0.243 e. The minimum atomic E-state index is -3.49. The molecule has 0 aromatic heterocycles. The average molecular weight is 442 g/mol. The molecular formula is C24H31N3O3S. The van der Waals surface area contributed by atoms with Gasteiger partial charge in [0.1, 0.15) is 0 Å². The lowest BCUT2D eigenvalue weighted by Gasteiger charge is -2.33. The molecule has 2 aromatic rings. The van der Waals surface area contributed by atoms with E-state index in [0.717, 1.165) is 36.1 Å². The predicted octanol–water partition coefficient (Wildman–Crippen LogP) is 3.24. The number of fused-ring (bicyclic) bond motifs is 1. The van der Waals surface area contributed by atoms with Crippen LogP contribution in [0, 0.1) is 0 Å². The van der Waals surface area contributed by atoms with Crippen molar-refractivity contribution in [1.82, 2.24) is 9.21 Å². The molecule has 0 unspecified atom stereocenters. The smallest absolute Gasteiger partial charge is 0.243 e. The van der Waals surface area contributed by atoms with Crippen LogP contribution in [0.2, 0.25) is 0 Å². The molecule has 31 heavy (non-hydrogen) atoms. The van der Waals surface area contributed by atoms with Crippen LogP contribution in [-0.2, 0) is 27.7 Å². The van der Waals surface area contributed by atoms with Crippen LogP contribution in [0.25, 0.3) is 0 Å². The molecule has 1 N–H and O–H groups in total. The quantitative estimate of drug-likeness (QED) is 0.747. The van der Waals surface area contributed by atoms with Crippen molar-refractivity contribution >= 4 is 21.6 Å². The third kappa shape index (κ3) is 4.84. The summed E-state index contributed by atoms with van der Waals surface area (Å²) in [4.78, 5) is 15.0. The maximum atomic E-state index is 13.1. The van der Waals surface area contributed by atoms with Crippen LogP contribution in [0.3, 0.4) is 0 Å². The second kappa shape index (κ2) is 9.10. The van der Waals surface area contributed by atoms with E-state index in [9.17, 15) is 13.2 Å². The highest BCUT2D eigenvalue weighted by atomic mass is 32.2. The fourth-order valence-corrected chi connectivity index (χ4v) is 5.97. The molecule has 2 aliphatic rings. The van der Waals surface area contributed by atoms with Gasteiger partial charge >= 0.3 is 0 Å². The average Bonchev–Trinajstić information content (AvgIpc) is 3.22. The molecule has 0 atom stereocenters. The molecule has 1 heterocycles. The van der Waals surface area contributed by atoms with Crippen LogP contribution in [0.1, 0.15) is 42.9 Å². The Kier molecular flexibility index (Phi) is 6.46. The van der Waals surface area contributed by atoms with E-state index >= 15 is 0 Å². The molecule has 0 radical (unpaired) electrons. The summed E-state index contributed by atoms with van der Waals surface area (Å²) in [5.74, 6) is 0.257. The second-order valence-electron chi connectivity index (χ2n) is 8.75. The number of carbonyl (C=O) groups excluding carboxylic acids is 1. The molecular weight excluding hydrogens is 410 g/mol. The van der Waals surface area contributed by atoms with E-state index in [1.165, 1.54) is 5.56 Å². The van der Waals surface area contributed by atoms with Crippen molar-refractivity contribution in [2.75, 3.05) is 38.0 Å². The van der Waals surface area contributed by atoms with E-state index in [2.05, 4.69) is 19.2 Å². The van der Waals surface area contributed by atoms with E-state index < -0.39 is 10.0 Å². The van der Waals surface area contributed by atoms with Gasteiger partial charge in [0.2, 0.25) is 15.9 Å². The number of sulfonamides is 1. The largest absolute Gasteiger partial charge is 0.325 e. The zero-order chi connectivity index (χ0) is 22.0. The van der Waals surface area contributed by atoms with Gasteiger partial charge in [-0.25, -0.2) is 8.42 Å². The maximum absolute atomic E-state index is 13.1. The number of nitrogens with one attached hydrogen (secondary N) is 1. The molecule has 1 aliphatic carbocycles. The summed E-state index contributed by atoms with van der Waals surface area (Å²) in [5.41, 5.74) is 4.40. The van der Waals surface area contributed by atoms with Gasteiger partial charge in [0.15, 0.2) is 0 Å². The Hall–Kier alpha value is -2.22. The molecule has 0 saturated carbocycles. The summed E-state index contributed by atoms with van der Waals surface area (Å²) >= 11 is 0. The van der Waals surface area contributed by atoms with E-state index in [1.807, 2.05) is 41.3 Å². The molecule has 0 bridgehead atoms. The molecule has 1 fully saturated rings. The van der Waals surface area contributed by atoms with Gasteiger partial charge < -0.3 is 5.32 Å². The molecule has 4 rings (SSSR count). The second-order valence-corrected chi connectivity index (χ2v) is 10.7. The Labute approximate surface area is 185 Å². The number of rotatable bonds is 6. The van der Waals surface area contributed by atoms with Crippen LogP contribution in [0.5, 0.6) is 0 Å². The van der Waals surface area contributed by atoms with Gasteiger partial charge in [-0.2, -0.15) is 4.31 Å². The topological polar surface area (TPSA) is 69.7 Å². The van der Waals surface area contributed by atoms with Crippen LogP contribution in [0.4, 0.5) is 5.69 Å². The first-order valence-electron chi connectivity index (χ1n) is 11.1. The molecule has 166 valence electrons. The van der Waals surface area contributed by atoms with Gasteiger partial charge in [0.25, 0.3) is 0 Å². The van der Waals surface area contributed by atoms with Gasteiger partial charge in [-0.15, -0.1) is 0 Å². The van der Waals surface area contributed by atoms with Gasteiger partial charge in [-0.1, -0.05) is 38.1 Å². The molecule has 7 heteroatoms. The van der Waals surface area contributed by atoms with E-state index in [4.69, 9.17) is 0 Å². The van der Waals surface area contributed by atoms with Crippen molar-refractivity contribution in [2.24, 2.45) is 0 Å². The summed E-state index contributed by atoms with van der Waals surface area (Å²) in [6.45, 7) is 6.36. The molecule has 6 nitrogen and oxygen atoms in total. The number of benzene rings is 2. The van der Waals surface area contributed by atoms with Crippen molar-refractivity contribution in [3.05, 3.63) is 59.2 Å². The van der Waals surface area contributed by atoms with Crippen molar-refractivity contribution in [2.45, 2.75) is 43.9 Å². The van der Waals surface area contributed by atoms with Crippen molar-refractivity contribution in [3.8, 4) is 0 Å². The van der Waals surface area contributed by atoms with Gasteiger partial charge in [0, 0.05) is 31.9 Å². The minimum Gasteiger partial charge on any atom is -0.325 e. The van der Waals surface area contributed by atoms with Gasteiger partial charge in [0.05, 0.1) is 11.4 Å². The lowest BCUT2D eigenvalue weighted by atomic mass is 10.0. The minimum absolute atomic E-state index is 0.0666. The number of hydrogen-bond donors (Lipinski definition) is 1. The fraction of sp³-hybridized carbons (Fsp3) is 0.458. The first kappa shape index (κ1) is 22.0. The van der Waals surface area contributed by atoms with E-state index in [1.54, 1.807) is 10.4 Å². The van der Waals surface area contributed by atoms with Gasteiger partial charge in [-0.3, -0.25) is 9.69 Å². The number of amides is 1. The number of anilines is 1. The number of para-hydroxylation sites is 1. The van der Waals surface area contributed by atoms with Crippen LogP contribution >= 0.6 is 0 Å². The zero-order valence-corrected chi connectivity index (χ0v) is 19.1. The summed E-state index contributed by atoms with van der Waals surface area (Å²) in [6, 6.07) is 13.4. The molecule has 1 amide bonds. The first-order chi connectivity index (χ1) is 14.8. The lowest BCUT2D eigenvalue weighted by Crippen LogP contribution is -2.50. The molecule has 0 spiro atoms. The number of nitrogens with zero attached hydrogens (tertiary/aromatic N) is 2. The highest BCUT2D eigenvalue weighted by Gasteiger charge is 2.30. The van der Waals surface area contributed by atoms with Crippen LogP contribution < -0.4 is 5.32 Å². The summed E-state index contributed by atoms with van der Waals surface area (Å²) in [7, 11) is -3.49. The SMILES string of the molecule is CC(C)c1ccccc1NC(=O)CN1CCN(S(=O)(=O)c2ccc3c(c2)CCC3)CC1. The predicted molar refractivity (Wildman–Crippen MR) is 123 cm³/mol. The summed E-state index contributed by atoms with van der Waals surface area (Å²) in [5, 5.41) is 3.02. The Morgan fingerprint density at radius 3 is 2.45 bits per heavy atom. The van der Waals surface area contributed by atoms with Crippen LogP contribution in [0.15, 0.2) is 47.4 Å². The Morgan fingerprint density at radius 2 is 1.71 bits per heavy atom. The Bertz CT molecular complexity index is 1060. The van der Waals surface area contributed by atoms with Crippen LogP contribution in [-0.4, -0.2) is 56.3 Å². The third-order valence-electron chi connectivity index (χ3n) is 6.26. The highest BCUT2D eigenvalue weighted by molar-refractivity contribution is 7.89. The van der Waals surface area contributed by atoms with Gasteiger partial charge in [-0.05, 0) is 60.1 Å². The third-order valence-corrected chi connectivity index (χ3v) is 8.16. The highest BCUT2D eigenvalue weighted by Crippen LogP contribution is 2.27. The Morgan fingerprint density at radius 1 is 1.00 bits per heavy atom. The number of hydrogen-bond acceptors (Lipinski definition) is 4.